The molecule has 6 nitrogen and oxygen atoms in total. The molecule has 0 saturated heterocycles. The minimum atomic E-state index is -3.60. The van der Waals surface area contributed by atoms with E-state index in [0.717, 1.165) is 0 Å². The normalized spacial score (nSPS) is 12.2. The maximum Gasteiger partial charge on any atom is 0.240 e. The lowest BCUT2D eigenvalue weighted by atomic mass is 9.95. The molecule has 20 heavy (non-hydrogen) atoms. The molecule has 0 atom stereocenters. The van der Waals surface area contributed by atoms with Crippen LogP contribution in [0.25, 0.3) is 0 Å². The lowest BCUT2D eigenvalue weighted by molar-refractivity contribution is -0.123. The third kappa shape index (κ3) is 4.59. The summed E-state index contributed by atoms with van der Waals surface area (Å²) >= 11 is 0. The molecule has 0 unspecified atom stereocenters. The predicted octanol–water partition coefficient (Wildman–Crippen LogP) is 0.908. The number of carbonyl (C=O) groups is 1. The molecule has 1 rings (SSSR count). The number of nitrogens with one attached hydrogen (secondary N) is 2. The van der Waals surface area contributed by atoms with Gasteiger partial charge in [0.25, 0.3) is 0 Å². The van der Waals surface area contributed by atoms with E-state index in [0.29, 0.717) is 5.69 Å². The first kappa shape index (κ1) is 16.6. The quantitative estimate of drug-likeness (QED) is 0.752. The first-order valence-electron chi connectivity index (χ1n) is 6.28. The van der Waals surface area contributed by atoms with Crippen LogP contribution in [-0.2, 0) is 14.8 Å². The van der Waals surface area contributed by atoms with Crippen LogP contribution in [0.15, 0.2) is 29.2 Å². The van der Waals surface area contributed by atoms with Gasteiger partial charge in [0.05, 0.1) is 4.90 Å². The maximum absolute atomic E-state index is 11.9. The minimum Gasteiger partial charge on any atom is -0.329 e. The highest BCUT2D eigenvalue weighted by Crippen LogP contribution is 2.19. The molecule has 0 aromatic heterocycles. The van der Waals surface area contributed by atoms with Gasteiger partial charge in [-0.2, -0.15) is 0 Å². The topological polar surface area (TPSA) is 101 Å². The van der Waals surface area contributed by atoms with Gasteiger partial charge in [-0.25, -0.2) is 13.1 Å². The second-order valence-corrected chi connectivity index (χ2v) is 7.19. The number of benzene rings is 1. The predicted molar refractivity (Wildman–Crippen MR) is 78.8 cm³/mol. The number of nitrogens with two attached hydrogens (primary N) is 1. The summed E-state index contributed by atoms with van der Waals surface area (Å²) in [5, 5.41) is 2.69. The van der Waals surface area contributed by atoms with Gasteiger partial charge in [0.15, 0.2) is 0 Å². The minimum absolute atomic E-state index is 0.0951. The molecule has 0 spiro atoms. The van der Waals surface area contributed by atoms with E-state index in [1.54, 1.807) is 32.9 Å². The van der Waals surface area contributed by atoms with Crippen molar-refractivity contribution >= 4 is 21.6 Å². The van der Waals surface area contributed by atoms with E-state index in [-0.39, 0.29) is 23.9 Å². The van der Waals surface area contributed by atoms with E-state index in [1.165, 1.54) is 12.1 Å². The fraction of sp³-hybridized carbons (Fsp3) is 0.462. The van der Waals surface area contributed by atoms with E-state index in [2.05, 4.69) is 10.0 Å². The summed E-state index contributed by atoms with van der Waals surface area (Å²) in [5.41, 5.74) is 5.17. The second kappa shape index (κ2) is 6.34. The fourth-order valence-corrected chi connectivity index (χ4v) is 2.43. The zero-order chi connectivity index (χ0) is 15.4. The van der Waals surface area contributed by atoms with Crippen LogP contribution < -0.4 is 15.8 Å². The summed E-state index contributed by atoms with van der Waals surface area (Å²) < 4.78 is 26.3. The summed E-state index contributed by atoms with van der Waals surface area (Å²) in [7, 11) is -3.60. The van der Waals surface area contributed by atoms with Gasteiger partial charge in [0, 0.05) is 24.2 Å². The van der Waals surface area contributed by atoms with Gasteiger partial charge >= 0.3 is 0 Å². The van der Waals surface area contributed by atoms with Gasteiger partial charge in [0.2, 0.25) is 15.9 Å². The van der Waals surface area contributed by atoms with Crippen molar-refractivity contribution in [2.45, 2.75) is 25.7 Å². The Labute approximate surface area is 119 Å². The Hall–Kier alpha value is -1.44. The van der Waals surface area contributed by atoms with Crippen molar-refractivity contribution in [3.05, 3.63) is 24.3 Å². The standard InChI is InChI=1S/C13H21N3O3S/c1-13(2,3)12(17)16-10-5-4-6-11(9-10)20(18,19)15-8-7-14/h4-6,9,15H,7-8,14H2,1-3H3,(H,16,17). The summed E-state index contributed by atoms with van der Waals surface area (Å²) in [6.07, 6.45) is 0. The number of sulfonamides is 1. The Balaban J connectivity index is 2.94. The Kier molecular flexibility index (Phi) is 5.27. The van der Waals surface area contributed by atoms with Crippen LogP contribution in [0, 0.1) is 5.41 Å². The molecule has 7 heteroatoms. The van der Waals surface area contributed by atoms with Gasteiger partial charge in [-0.1, -0.05) is 26.8 Å². The van der Waals surface area contributed by atoms with Crippen LogP contribution in [0.2, 0.25) is 0 Å². The first-order chi connectivity index (χ1) is 9.16. The molecule has 0 fully saturated rings. The summed E-state index contributed by atoms with van der Waals surface area (Å²) in [6.45, 7) is 5.74. The van der Waals surface area contributed by atoms with Gasteiger partial charge < -0.3 is 11.1 Å². The maximum atomic E-state index is 11.9. The smallest absolute Gasteiger partial charge is 0.240 e. The molecule has 0 bridgehead atoms. The van der Waals surface area contributed by atoms with Crippen molar-refractivity contribution in [2.24, 2.45) is 11.1 Å². The zero-order valence-electron chi connectivity index (χ0n) is 11.9. The van der Waals surface area contributed by atoms with Crippen LogP contribution in [0.4, 0.5) is 5.69 Å². The Morgan fingerprint density at radius 2 is 1.95 bits per heavy atom. The SMILES string of the molecule is CC(C)(C)C(=O)Nc1cccc(S(=O)(=O)NCCN)c1. The lowest BCUT2D eigenvalue weighted by Gasteiger charge is -2.18. The van der Waals surface area contributed by atoms with Gasteiger partial charge in [0.1, 0.15) is 0 Å². The van der Waals surface area contributed by atoms with Crippen molar-refractivity contribution in [1.82, 2.24) is 4.72 Å². The average molecular weight is 299 g/mol. The molecular weight excluding hydrogens is 278 g/mol. The van der Waals surface area contributed by atoms with E-state index in [1.807, 2.05) is 0 Å². The Morgan fingerprint density at radius 3 is 2.50 bits per heavy atom. The molecule has 0 saturated carbocycles. The third-order valence-electron chi connectivity index (χ3n) is 2.52. The number of anilines is 1. The van der Waals surface area contributed by atoms with Crippen LogP contribution >= 0.6 is 0 Å². The largest absolute Gasteiger partial charge is 0.329 e. The van der Waals surface area contributed by atoms with E-state index in [9.17, 15) is 13.2 Å². The van der Waals surface area contributed by atoms with Crippen molar-refractivity contribution in [1.29, 1.82) is 0 Å². The summed E-state index contributed by atoms with van der Waals surface area (Å²) in [5.74, 6) is -0.179. The number of rotatable bonds is 5. The van der Waals surface area contributed by atoms with Crippen LogP contribution in [-0.4, -0.2) is 27.4 Å². The average Bonchev–Trinajstić information content (AvgIpc) is 2.35. The molecule has 1 aromatic carbocycles. The van der Waals surface area contributed by atoms with Crippen molar-refractivity contribution < 1.29 is 13.2 Å². The van der Waals surface area contributed by atoms with Crippen LogP contribution in [0.5, 0.6) is 0 Å². The molecule has 112 valence electrons. The van der Waals surface area contributed by atoms with Crippen molar-refractivity contribution in [2.75, 3.05) is 18.4 Å². The molecule has 1 aromatic rings. The zero-order valence-corrected chi connectivity index (χ0v) is 12.8. The monoisotopic (exact) mass is 299 g/mol. The van der Waals surface area contributed by atoms with Gasteiger partial charge in [-0.05, 0) is 18.2 Å². The van der Waals surface area contributed by atoms with Crippen LogP contribution in [0.1, 0.15) is 20.8 Å². The molecule has 4 N–H and O–H groups in total. The lowest BCUT2D eigenvalue weighted by Crippen LogP contribution is -2.29. The first-order valence-corrected chi connectivity index (χ1v) is 7.76. The Morgan fingerprint density at radius 1 is 1.30 bits per heavy atom. The molecule has 0 heterocycles. The number of hydrogen-bond acceptors (Lipinski definition) is 4. The summed E-state index contributed by atoms with van der Waals surface area (Å²) in [6, 6.07) is 6.11. The number of carbonyl (C=O) groups excluding carboxylic acids is 1. The molecule has 0 radical (unpaired) electrons. The molecule has 0 aliphatic heterocycles. The van der Waals surface area contributed by atoms with E-state index >= 15 is 0 Å². The number of hydrogen-bond donors (Lipinski definition) is 3. The van der Waals surface area contributed by atoms with Crippen molar-refractivity contribution in [3.63, 3.8) is 0 Å². The van der Waals surface area contributed by atoms with Crippen molar-refractivity contribution in [3.8, 4) is 0 Å². The van der Waals surface area contributed by atoms with E-state index < -0.39 is 15.4 Å². The fourth-order valence-electron chi connectivity index (χ4n) is 1.34. The molecule has 1 amide bonds. The Bertz CT molecular complexity index is 577. The van der Waals surface area contributed by atoms with Gasteiger partial charge in [-0.15, -0.1) is 0 Å². The van der Waals surface area contributed by atoms with Gasteiger partial charge in [-0.3, -0.25) is 4.79 Å². The number of amides is 1. The highest BCUT2D eigenvalue weighted by Gasteiger charge is 2.21. The third-order valence-corrected chi connectivity index (χ3v) is 3.98. The highest BCUT2D eigenvalue weighted by molar-refractivity contribution is 7.89. The summed E-state index contributed by atoms with van der Waals surface area (Å²) in [4.78, 5) is 12.0. The molecule has 0 aliphatic rings. The van der Waals surface area contributed by atoms with Crippen LogP contribution in [0.3, 0.4) is 0 Å². The van der Waals surface area contributed by atoms with E-state index in [4.69, 9.17) is 5.73 Å². The molecule has 0 aliphatic carbocycles. The molecular formula is C13H21N3O3S. The highest BCUT2D eigenvalue weighted by atomic mass is 32.2. The second-order valence-electron chi connectivity index (χ2n) is 5.42.